The second kappa shape index (κ2) is 5.90. The lowest BCUT2D eigenvalue weighted by Gasteiger charge is -2.20. The molecule has 20 heavy (non-hydrogen) atoms. The van der Waals surface area contributed by atoms with E-state index in [2.05, 4.69) is 15.0 Å². The molecule has 0 aromatic carbocycles. The lowest BCUT2D eigenvalue weighted by Crippen LogP contribution is -2.43. The van der Waals surface area contributed by atoms with E-state index in [4.69, 9.17) is 4.74 Å². The molecule has 0 unspecified atom stereocenters. The van der Waals surface area contributed by atoms with Crippen molar-refractivity contribution in [2.75, 3.05) is 33.1 Å². The first kappa shape index (κ1) is 14.9. The summed E-state index contributed by atoms with van der Waals surface area (Å²) in [6.45, 7) is 0.591. The van der Waals surface area contributed by atoms with Gasteiger partial charge in [-0.25, -0.2) is 12.7 Å². The molecule has 112 valence electrons. The maximum Gasteiger partial charge on any atom is 0.273 e. The minimum atomic E-state index is -3.34. The van der Waals surface area contributed by atoms with Crippen molar-refractivity contribution in [1.29, 1.82) is 0 Å². The van der Waals surface area contributed by atoms with E-state index in [1.54, 1.807) is 0 Å². The highest BCUT2D eigenvalue weighted by Crippen LogP contribution is 2.17. The Kier molecular flexibility index (Phi) is 4.41. The summed E-state index contributed by atoms with van der Waals surface area (Å²) in [7, 11) is -0.376. The Balaban J connectivity index is 1.99. The van der Waals surface area contributed by atoms with Crippen molar-refractivity contribution < 1.29 is 22.5 Å². The van der Waals surface area contributed by atoms with Crippen molar-refractivity contribution in [3.8, 4) is 0 Å². The smallest absolute Gasteiger partial charge is 0.273 e. The molecule has 1 aliphatic heterocycles. The SMILES string of the molecule is CN(C)S(=O)(=O)C[C@@H]1COC[C@H]1NC(=O)c1ccon1. The Morgan fingerprint density at radius 3 is 2.85 bits per heavy atom. The van der Waals surface area contributed by atoms with Gasteiger partial charge in [0.25, 0.3) is 5.91 Å². The summed E-state index contributed by atoms with van der Waals surface area (Å²) in [6.07, 6.45) is 1.30. The van der Waals surface area contributed by atoms with Crippen molar-refractivity contribution >= 4 is 15.9 Å². The highest BCUT2D eigenvalue weighted by atomic mass is 32.2. The number of carbonyl (C=O) groups excluding carboxylic acids is 1. The van der Waals surface area contributed by atoms with Crippen molar-refractivity contribution in [3.63, 3.8) is 0 Å². The van der Waals surface area contributed by atoms with Gasteiger partial charge in [-0.2, -0.15) is 0 Å². The van der Waals surface area contributed by atoms with E-state index >= 15 is 0 Å². The molecule has 1 fully saturated rings. The topological polar surface area (TPSA) is 102 Å². The van der Waals surface area contributed by atoms with Crippen LogP contribution in [0.3, 0.4) is 0 Å². The highest BCUT2D eigenvalue weighted by Gasteiger charge is 2.34. The fraction of sp³-hybridized carbons (Fsp3) is 0.636. The Morgan fingerprint density at radius 2 is 2.25 bits per heavy atom. The van der Waals surface area contributed by atoms with Crippen LogP contribution in [0.15, 0.2) is 16.9 Å². The summed E-state index contributed by atoms with van der Waals surface area (Å²) in [4.78, 5) is 11.9. The summed E-state index contributed by atoms with van der Waals surface area (Å²) in [6, 6.07) is 1.09. The molecule has 8 nitrogen and oxygen atoms in total. The van der Waals surface area contributed by atoms with Crippen LogP contribution < -0.4 is 5.32 Å². The highest BCUT2D eigenvalue weighted by molar-refractivity contribution is 7.89. The first-order valence-electron chi connectivity index (χ1n) is 6.09. The minimum absolute atomic E-state index is 0.0657. The van der Waals surface area contributed by atoms with Crippen LogP contribution in [0.1, 0.15) is 10.5 Å². The van der Waals surface area contributed by atoms with Crippen molar-refractivity contribution in [3.05, 3.63) is 18.0 Å². The number of aromatic nitrogens is 1. The van der Waals surface area contributed by atoms with Crippen LogP contribution in [0.25, 0.3) is 0 Å². The molecule has 0 aliphatic carbocycles. The van der Waals surface area contributed by atoms with Crippen molar-refractivity contribution in [2.45, 2.75) is 6.04 Å². The van der Waals surface area contributed by atoms with Gasteiger partial charge in [0.05, 0.1) is 25.0 Å². The molecule has 1 aromatic heterocycles. The summed E-state index contributed by atoms with van der Waals surface area (Å²) >= 11 is 0. The zero-order chi connectivity index (χ0) is 14.8. The predicted octanol–water partition coefficient (Wildman–Crippen LogP) is -0.689. The number of nitrogens with zero attached hydrogens (tertiary/aromatic N) is 2. The zero-order valence-electron chi connectivity index (χ0n) is 11.3. The third-order valence-corrected chi connectivity index (χ3v) is 5.13. The van der Waals surface area contributed by atoms with E-state index in [0.717, 1.165) is 0 Å². The first-order chi connectivity index (χ1) is 9.40. The minimum Gasteiger partial charge on any atom is -0.379 e. The number of nitrogens with one attached hydrogen (secondary N) is 1. The molecule has 0 radical (unpaired) electrons. The summed E-state index contributed by atoms with van der Waals surface area (Å²) < 4.78 is 34.8. The fourth-order valence-corrected chi connectivity index (χ4v) is 3.08. The Labute approximate surface area is 117 Å². The molecule has 0 spiro atoms. The molecule has 2 heterocycles. The lowest BCUT2D eigenvalue weighted by molar-refractivity contribution is 0.0917. The number of hydrogen-bond donors (Lipinski definition) is 1. The molecule has 0 saturated carbocycles. The number of carbonyl (C=O) groups is 1. The summed E-state index contributed by atoms with van der Waals surface area (Å²) in [5, 5.41) is 6.26. The molecule has 0 bridgehead atoms. The molecule has 1 saturated heterocycles. The molecule has 1 aromatic rings. The van der Waals surface area contributed by atoms with Gasteiger partial charge in [0.15, 0.2) is 5.69 Å². The average Bonchev–Trinajstić information content (AvgIpc) is 3.00. The zero-order valence-corrected chi connectivity index (χ0v) is 12.1. The van der Waals surface area contributed by atoms with E-state index in [0.29, 0.717) is 6.61 Å². The largest absolute Gasteiger partial charge is 0.379 e. The van der Waals surface area contributed by atoms with E-state index in [-0.39, 0.29) is 30.0 Å². The second-order valence-electron chi connectivity index (χ2n) is 4.82. The molecule has 9 heteroatoms. The van der Waals surface area contributed by atoms with Gasteiger partial charge in [0, 0.05) is 26.1 Å². The Morgan fingerprint density at radius 1 is 1.50 bits per heavy atom. The van der Waals surface area contributed by atoms with Gasteiger partial charge in [-0.15, -0.1) is 0 Å². The standard InChI is InChI=1S/C11H17N3O5S/c1-14(2)20(16,17)7-8-5-18-6-10(8)12-11(15)9-3-4-19-13-9/h3-4,8,10H,5-7H2,1-2H3,(H,12,15)/t8-,10+/m0/s1. The average molecular weight is 303 g/mol. The molecule has 2 atom stereocenters. The normalized spacial score (nSPS) is 23.1. The number of rotatable bonds is 5. The molecule has 1 N–H and O–H groups in total. The molecule has 1 amide bonds. The Hall–Kier alpha value is -1.45. The van der Waals surface area contributed by atoms with Crippen LogP contribution in [-0.2, 0) is 14.8 Å². The molecule has 1 aliphatic rings. The third kappa shape index (κ3) is 3.35. The number of amides is 1. The molecular weight excluding hydrogens is 286 g/mol. The predicted molar refractivity (Wildman–Crippen MR) is 69.5 cm³/mol. The van der Waals surface area contributed by atoms with Crippen molar-refractivity contribution in [1.82, 2.24) is 14.8 Å². The van der Waals surface area contributed by atoms with Crippen LogP contribution >= 0.6 is 0 Å². The van der Waals surface area contributed by atoms with Crippen LogP contribution in [0.4, 0.5) is 0 Å². The van der Waals surface area contributed by atoms with Gasteiger partial charge in [0.1, 0.15) is 6.26 Å². The summed E-state index contributed by atoms with van der Waals surface area (Å²) in [5.41, 5.74) is 0.158. The number of hydrogen-bond acceptors (Lipinski definition) is 6. The molecular formula is C11H17N3O5S. The van der Waals surface area contributed by atoms with Crippen LogP contribution in [0, 0.1) is 5.92 Å². The van der Waals surface area contributed by atoms with Gasteiger partial charge in [0.2, 0.25) is 10.0 Å². The maximum absolute atomic E-state index is 11.9. The Bertz CT molecular complexity index is 555. The van der Waals surface area contributed by atoms with Crippen LogP contribution in [-0.4, -0.2) is 62.9 Å². The van der Waals surface area contributed by atoms with Gasteiger partial charge in [-0.05, 0) is 0 Å². The lowest BCUT2D eigenvalue weighted by atomic mass is 10.1. The number of ether oxygens (including phenoxy) is 1. The van der Waals surface area contributed by atoms with E-state index < -0.39 is 15.9 Å². The molecule has 2 rings (SSSR count). The summed E-state index contributed by atoms with van der Waals surface area (Å²) in [5.74, 6) is -0.746. The quantitative estimate of drug-likeness (QED) is 0.772. The first-order valence-corrected chi connectivity index (χ1v) is 7.70. The van der Waals surface area contributed by atoms with E-state index in [9.17, 15) is 13.2 Å². The number of sulfonamides is 1. The van der Waals surface area contributed by atoms with Crippen LogP contribution in [0.2, 0.25) is 0 Å². The second-order valence-corrected chi connectivity index (χ2v) is 7.05. The monoisotopic (exact) mass is 303 g/mol. The fourth-order valence-electron chi connectivity index (χ4n) is 1.91. The van der Waals surface area contributed by atoms with Crippen molar-refractivity contribution in [2.24, 2.45) is 5.92 Å². The third-order valence-electron chi connectivity index (χ3n) is 3.17. The van der Waals surface area contributed by atoms with Crippen LogP contribution in [0.5, 0.6) is 0 Å². The van der Waals surface area contributed by atoms with Gasteiger partial charge in [-0.3, -0.25) is 4.79 Å². The van der Waals surface area contributed by atoms with E-state index in [1.807, 2.05) is 0 Å². The van der Waals surface area contributed by atoms with E-state index in [1.165, 1.54) is 30.7 Å². The van der Waals surface area contributed by atoms with Gasteiger partial charge < -0.3 is 14.6 Å². The van der Waals surface area contributed by atoms with Gasteiger partial charge >= 0.3 is 0 Å². The van der Waals surface area contributed by atoms with Gasteiger partial charge in [-0.1, -0.05) is 5.16 Å². The maximum atomic E-state index is 11.9.